The van der Waals surface area contributed by atoms with Crippen LogP contribution >= 0.6 is 0 Å². The van der Waals surface area contributed by atoms with Crippen molar-refractivity contribution in [1.29, 1.82) is 0 Å². The van der Waals surface area contributed by atoms with Crippen LogP contribution in [-0.4, -0.2) is 54.3 Å². The van der Waals surface area contributed by atoms with Crippen LogP contribution in [0.5, 0.6) is 11.5 Å². The van der Waals surface area contributed by atoms with Gasteiger partial charge in [-0.05, 0) is 43.4 Å². The second-order valence-electron chi connectivity index (χ2n) is 9.34. The zero-order valence-electron chi connectivity index (χ0n) is 22.6. The Labute approximate surface area is 217 Å². The molecule has 0 amide bonds. The lowest BCUT2D eigenvalue weighted by molar-refractivity contribution is -0.182. The van der Waals surface area contributed by atoms with E-state index in [1.807, 2.05) is 27.7 Å². The molecule has 208 valence electrons. The molecule has 0 aliphatic heterocycles. The van der Waals surface area contributed by atoms with Gasteiger partial charge >= 0.3 is 24.2 Å². The molecule has 1 aromatic rings. The van der Waals surface area contributed by atoms with Crippen molar-refractivity contribution < 1.29 is 48.0 Å². The Bertz CT molecular complexity index is 932. The van der Waals surface area contributed by atoms with Gasteiger partial charge < -0.3 is 28.8 Å². The number of hydrogen-bond donors (Lipinski definition) is 2. The van der Waals surface area contributed by atoms with E-state index in [9.17, 15) is 24.3 Å². The van der Waals surface area contributed by atoms with Crippen LogP contribution < -0.4 is 14.8 Å². The van der Waals surface area contributed by atoms with Gasteiger partial charge in [-0.25, -0.2) is 14.4 Å². The number of benzene rings is 1. The third-order valence-electron chi connectivity index (χ3n) is 5.40. The molecule has 1 rings (SSSR count). The quantitative estimate of drug-likeness (QED) is 0.151. The minimum absolute atomic E-state index is 0.104. The van der Waals surface area contributed by atoms with Crippen molar-refractivity contribution in [3.05, 3.63) is 23.8 Å². The lowest BCUT2D eigenvalue weighted by Crippen LogP contribution is -2.59. The highest BCUT2D eigenvalue weighted by atomic mass is 16.7. The minimum Gasteiger partial charge on any atom is -0.477 e. The number of carboxylic acid groups (broad SMARTS) is 1. The molecule has 0 aliphatic rings. The molecule has 0 saturated carbocycles. The largest absolute Gasteiger partial charge is 0.513 e. The van der Waals surface area contributed by atoms with Gasteiger partial charge in [0.15, 0.2) is 11.5 Å². The standard InChI is InChI=1S/C26H39NO10/c1-8-17(5)14-33-24(31)35-21-11-10-20(12-22(21)36-25(32)34-15-18(6)9-2)13-26(23(29)30,27-16(3)4)37-19(7)28/h10-12,16-18,27H,8-9,13-15H2,1-7H3,(H,29,30)/t17?,18?,26-/m0/s1. The van der Waals surface area contributed by atoms with Crippen molar-refractivity contribution in [3.63, 3.8) is 0 Å². The first kappa shape index (κ1) is 31.7. The summed E-state index contributed by atoms with van der Waals surface area (Å²) in [6.45, 7) is 12.5. The fourth-order valence-electron chi connectivity index (χ4n) is 3.02. The summed E-state index contributed by atoms with van der Waals surface area (Å²) in [5.41, 5.74) is -1.78. The molecule has 11 nitrogen and oxygen atoms in total. The van der Waals surface area contributed by atoms with Crippen LogP contribution in [0.15, 0.2) is 18.2 Å². The molecule has 0 aromatic heterocycles. The number of carbonyl (C=O) groups is 4. The maximum absolute atomic E-state index is 12.3. The minimum atomic E-state index is -2.09. The van der Waals surface area contributed by atoms with Gasteiger partial charge in [0.1, 0.15) is 0 Å². The normalized spacial score (nSPS) is 14.2. The van der Waals surface area contributed by atoms with Gasteiger partial charge in [-0.15, -0.1) is 0 Å². The molecule has 0 aliphatic carbocycles. The topological polar surface area (TPSA) is 147 Å². The number of hydrogen-bond acceptors (Lipinski definition) is 10. The molecule has 1 aromatic carbocycles. The number of carbonyl (C=O) groups excluding carboxylic acids is 3. The summed E-state index contributed by atoms with van der Waals surface area (Å²) in [6.07, 6.45) is -0.754. The van der Waals surface area contributed by atoms with E-state index < -0.39 is 30.0 Å². The maximum Gasteiger partial charge on any atom is 0.513 e. The Morgan fingerprint density at radius 3 is 1.84 bits per heavy atom. The molecular weight excluding hydrogens is 486 g/mol. The summed E-state index contributed by atoms with van der Waals surface area (Å²) >= 11 is 0. The van der Waals surface area contributed by atoms with Gasteiger partial charge in [0.25, 0.3) is 5.72 Å². The third-order valence-corrected chi connectivity index (χ3v) is 5.40. The maximum atomic E-state index is 12.3. The molecule has 0 radical (unpaired) electrons. The van der Waals surface area contributed by atoms with Gasteiger partial charge in [-0.3, -0.25) is 10.1 Å². The Kier molecular flexibility index (Phi) is 12.9. The average molecular weight is 526 g/mol. The Hall–Kier alpha value is -3.34. The lowest BCUT2D eigenvalue weighted by atomic mass is 10.0. The van der Waals surface area contributed by atoms with Gasteiger partial charge in [0.05, 0.1) is 13.2 Å². The fraction of sp³-hybridized carbons (Fsp3) is 0.615. The Balaban J connectivity index is 3.30. The highest BCUT2D eigenvalue weighted by Gasteiger charge is 2.43. The molecule has 0 heterocycles. The van der Waals surface area contributed by atoms with Crippen LogP contribution in [0.3, 0.4) is 0 Å². The molecule has 0 fully saturated rings. The predicted molar refractivity (Wildman–Crippen MR) is 133 cm³/mol. The number of carboxylic acids is 1. The molecule has 11 heteroatoms. The zero-order valence-corrected chi connectivity index (χ0v) is 22.6. The summed E-state index contributed by atoms with van der Waals surface area (Å²) in [7, 11) is 0. The monoisotopic (exact) mass is 525 g/mol. The summed E-state index contributed by atoms with van der Waals surface area (Å²) < 4.78 is 26.0. The van der Waals surface area contributed by atoms with Crippen molar-refractivity contribution in [1.82, 2.24) is 5.32 Å². The zero-order chi connectivity index (χ0) is 28.2. The first-order valence-electron chi connectivity index (χ1n) is 12.3. The van der Waals surface area contributed by atoms with Crippen LogP contribution in [0.1, 0.15) is 66.9 Å². The molecule has 2 N–H and O–H groups in total. The number of nitrogens with one attached hydrogen (secondary N) is 1. The van der Waals surface area contributed by atoms with E-state index in [4.69, 9.17) is 23.7 Å². The van der Waals surface area contributed by atoms with E-state index >= 15 is 0 Å². The first-order valence-corrected chi connectivity index (χ1v) is 12.3. The molecule has 0 bridgehead atoms. The summed E-state index contributed by atoms with van der Waals surface area (Å²) in [6, 6.07) is 3.74. The summed E-state index contributed by atoms with van der Waals surface area (Å²) in [5, 5.41) is 12.7. The van der Waals surface area contributed by atoms with E-state index in [-0.39, 0.29) is 49.0 Å². The van der Waals surface area contributed by atoms with Crippen molar-refractivity contribution in [3.8, 4) is 11.5 Å². The van der Waals surface area contributed by atoms with Gasteiger partial charge in [-0.1, -0.05) is 46.6 Å². The van der Waals surface area contributed by atoms with Crippen molar-refractivity contribution in [2.75, 3.05) is 13.2 Å². The average Bonchev–Trinajstić information content (AvgIpc) is 2.81. The fourth-order valence-corrected chi connectivity index (χ4v) is 3.02. The van der Waals surface area contributed by atoms with E-state index in [1.165, 1.54) is 18.2 Å². The molecule has 0 spiro atoms. The van der Waals surface area contributed by atoms with Crippen molar-refractivity contribution >= 4 is 24.2 Å². The van der Waals surface area contributed by atoms with Crippen molar-refractivity contribution in [2.45, 2.75) is 79.5 Å². The SMILES string of the molecule is CCC(C)COC(=O)Oc1ccc(C[C@](NC(C)C)(OC(C)=O)C(=O)O)cc1OC(=O)OCC(C)CC. The highest BCUT2D eigenvalue weighted by Crippen LogP contribution is 2.31. The van der Waals surface area contributed by atoms with Crippen LogP contribution in [0.2, 0.25) is 0 Å². The van der Waals surface area contributed by atoms with Crippen LogP contribution in [0.25, 0.3) is 0 Å². The van der Waals surface area contributed by atoms with E-state index in [2.05, 4.69) is 5.32 Å². The molecule has 2 unspecified atom stereocenters. The number of ether oxygens (including phenoxy) is 5. The molecule has 3 atom stereocenters. The predicted octanol–water partition coefficient (Wildman–Crippen LogP) is 4.69. The Morgan fingerprint density at radius 1 is 0.892 bits per heavy atom. The first-order chi connectivity index (χ1) is 17.3. The highest BCUT2D eigenvalue weighted by molar-refractivity contribution is 5.81. The Morgan fingerprint density at radius 2 is 1.41 bits per heavy atom. The molecular formula is C26H39NO10. The van der Waals surface area contributed by atoms with Crippen LogP contribution in [0.4, 0.5) is 9.59 Å². The van der Waals surface area contributed by atoms with E-state index in [1.54, 1.807) is 13.8 Å². The van der Waals surface area contributed by atoms with E-state index in [0.717, 1.165) is 19.8 Å². The summed E-state index contributed by atoms with van der Waals surface area (Å²) in [5.74, 6) is -2.32. The second kappa shape index (κ2) is 15.0. The summed E-state index contributed by atoms with van der Waals surface area (Å²) in [4.78, 5) is 48.4. The van der Waals surface area contributed by atoms with Crippen molar-refractivity contribution in [2.24, 2.45) is 11.8 Å². The third kappa shape index (κ3) is 11.1. The molecule has 0 saturated heterocycles. The lowest BCUT2D eigenvalue weighted by Gasteiger charge is -2.32. The van der Waals surface area contributed by atoms with Gasteiger partial charge in [0, 0.05) is 19.4 Å². The number of esters is 1. The smallest absolute Gasteiger partial charge is 0.477 e. The number of rotatable bonds is 14. The van der Waals surface area contributed by atoms with E-state index in [0.29, 0.717) is 5.56 Å². The molecule has 37 heavy (non-hydrogen) atoms. The number of aliphatic carboxylic acids is 1. The van der Waals surface area contributed by atoms with Crippen LogP contribution in [0, 0.1) is 11.8 Å². The van der Waals surface area contributed by atoms with Gasteiger partial charge in [0.2, 0.25) is 0 Å². The second-order valence-corrected chi connectivity index (χ2v) is 9.34. The van der Waals surface area contributed by atoms with Gasteiger partial charge in [-0.2, -0.15) is 0 Å². The van der Waals surface area contributed by atoms with Crippen LogP contribution in [-0.2, 0) is 30.2 Å².